The number of thiol groups is 3. The lowest BCUT2D eigenvalue weighted by Crippen LogP contribution is -2.44. The summed E-state index contributed by atoms with van der Waals surface area (Å²) in [6, 6.07) is 0. The third kappa shape index (κ3) is 8.58. The molecule has 0 aromatic rings. The molecule has 7 heteroatoms. The molecule has 0 amide bonds. The minimum atomic E-state index is -1.44. The second kappa shape index (κ2) is 12.0. The van der Waals surface area contributed by atoms with Crippen LogP contribution in [0.1, 0.15) is 13.3 Å². The van der Waals surface area contributed by atoms with Crippen LogP contribution in [0.5, 0.6) is 0 Å². The van der Waals surface area contributed by atoms with Crippen molar-refractivity contribution in [3.63, 3.8) is 0 Å². The molecule has 0 saturated heterocycles. The second-order valence-corrected chi connectivity index (χ2v) is 4.41. The maximum atomic E-state index is 5.52. The van der Waals surface area contributed by atoms with Crippen molar-refractivity contribution in [1.82, 2.24) is 0 Å². The van der Waals surface area contributed by atoms with E-state index < -0.39 is 6.16 Å². The Labute approximate surface area is 120 Å². The molecule has 0 bridgehead atoms. The highest BCUT2D eigenvalue weighted by atomic mass is 32.1. The summed E-state index contributed by atoms with van der Waals surface area (Å²) >= 11 is 12.3. The van der Waals surface area contributed by atoms with Gasteiger partial charge >= 0.3 is 6.16 Å². The van der Waals surface area contributed by atoms with Crippen molar-refractivity contribution in [2.24, 2.45) is 0 Å². The summed E-state index contributed by atoms with van der Waals surface area (Å²) in [4.78, 5) is 0. The highest BCUT2D eigenvalue weighted by Crippen LogP contribution is 2.18. The normalized spacial score (nSPS) is 12.0. The fourth-order valence-electron chi connectivity index (χ4n) is 0.989. The summed E-state index contributed by atoms with van der Waals surface area (Å²) in [7, 11) is 0. The van der Waals surface area contributed by atoms with E-state index in [0.717, 1.165) is 6.42 Å². The van der Waals surface area contributed by atoms with E-state index in [2.05, 4.69) is 37.9 Å². The number of hydrogen-bond acceptors (Lipinski definition) is 7. The van der Waals surface area contributed by atoms with Gasteiger partial charge in [0.2, 0.25) is 0 Å². The van der Waals surface area contributed by atoms with Crippen LogP contribution in [0, 0.1) is 0 Å². The zero-order valence-corrected chi connectivity index (χ0v) is 12.8. The lowest BCUT2D eigenvalue weighted by atomic mass is 10.5. The lowest BCUT2D eigenvalue weighted by molar-refractivity contribution is -0.495. The largest absolute Gasteiger partial charge is 0.412 e. The first-order valence-corrected chi connectivity index (χ1v) is 7.52. The first-order chi connectivity index (χ1) is 8.24. The molecule has 0 spiro atoms. The Kier molecular flexibility index (Phi) is 12.6. The van der Waals surface area contributed by atoms with Crippen LogP contribution in [0.15, 0.2) is 0 Å². The molecule has 0 aliphatic heterocycles. The summed E-state index contributed by atoms with van der Waals surface area (Å²) in [5.41, 5.74) is 0. The maximum absolute atomic E-state index is 5.52. The average molecular weight is 302 g/mol. The van der Waals surface area contributed by atoms with Gasteiger partial charge in [0.15, 0.2) is 0 Å². The van der Waals surface area contributed by atoms with E-state index in [1.807, 2.05) is 6.92 Å². The molecular formula is C10H22O4S3. The minimum absolute atomic E-state index is 0.381. The fourth-order valence-corrected chi connectivity index (χ4v) is 1.26. The van der Waals surface area contributed by atoms with Gasteiger partial charge in [-0.1, -0.05) is 6.92 Å². The van der Waals surface area contributed by atoms with Gasteiger partial charge in [0.05, 0.1) is 26.4 Å². The van der Waals surface area contributed by atoms with Crippen molar-refractivity contribution in [2.75, 3.05) is 43.7 Å². The summed E-state index contributed by atoms with van der Waals surface area (Å²) in [5.74, 6) is 1.68. The molecule has 0 aromatic carbocycles. The van der Waals surface area contributed by atoms with E-state index in [1.165, 1.54) is 0 Å². The Hall–Kier alpha value is 0.890. The molecule has 104 valence electrons. The van der Waals surface area contributed by atoms with Gasteiger partial charge in [-0.2, -0.15) is 37.9 Å². The monoisotopic (exact) mass is 302 g/mol. The van der Waals surface area contributed by atoms with Crippen molar-refractivity contribution in [2.45, 2.75) is 19.5 Å². The topological polar surface area (TPSA) is 36.9 Å². The Bertz CT molecular complexity index is 134. The quantitative estimate of drug-likeness (QED) is 0.380. The molecule has 0 fully saturated rings. The van der Waals surface area contributed by atoms with Crippen LogP contribution in [-0.2, 0) is 18.9 Å². The second-order valence-electron chi connectivity index (χ2n) is 3.06. The first-order valence-electron chi connectivity index (χ1n) is 5.63. The molecule has 0 radical (unpaired) electrons. The molecule has 0 heterocycles. The molecule has 0 saturated carbocycles. The van der Waals surface area contributed by atoms with E-state index in [9.17, 15) is 0 Å². The van der Waals surface area contributed by atoms with E-state index in [0.29, 0.717) is 43.7 Å². The maximum Gasteiger partial charge on any atom is 0.412 e. The van der Waals surface area contributed by atoms with Crippen molar-refractivity contribution in [1.29, 1.82) is 0 Å². The predicted octanol–water partition coefficient (Wildman–Crippen LogP) is 1.86. The molecule has 4 nitrogen and oxygen atoms in total. The van der Waals surface area contributed by atoms with Crippen molar-refractivity contribution >= 4 is 37.9 Å². The smallest absolute Gasteiger partial charge is 0.303 e. The van der Waals surface area contributed by atoms with Crippen LogP contribution >= 0.6 is 37.9 Å². The molecule has 0 N–H and O–H groups in total. The zero-order valence-electron chi connectivity index (χ0n) is 10.1. The Morgan fingerprint density at radius 2 is 1.06 bits per heavy atom. The molecule has 17 heavy (non-hydrogen) atoms. The van der Waals surface area contributed by atoms with Gasteiger partial charge in [-0.15, -0.1) is 0 Å². The Morgan fingerprint density at radius 3 is 1.35 bits per heavy atom. The number of rotatable bonds is 12. The molecule has 0 rings (SSSR count). The molecular weight excluding hydrogens is 280 g/mol. The minimum Gasteiger partial charge on any atom is -0.303 e. The lowest BCUT2D eigenvalue weighted by Gasteiger charge is -2.31. The molecule has 0 atom stereocenters. The van der Waals surface area contributed by atoms with Crippen LogP contribution < -0.4 is 0 Å². The predicted molar refractivity (Wildman–Crippen MR) is 78.4 cm³/mol. The van der Waals surface area contributed by atoms with Crippen LogP contribution in [0.2, 0.25) is 0 Å². The molecule has 0 unspecified atom stereocenters. The van der Waals surface area contributed by atoms with Crippen LogP contribution in [-0.4, -0.2) is 49.8 Å². The van der Waals surface area contributed by atoms with Gasteiger partial charge in [0.25, 0.3) is 0 Å². The van der Waals surface area contributed by atoms with Crippen molar-refractivity contribution < 1.29 is 18.9 Å². The summed E-state index contributed by atoms with van der Waals surface area (Å²) in [5, 5.41) is 0. The summed E-state index contributed by atoms with van der Waals surface area (Å²) in [6.07, 6.45) is -0.593. The van der Waals surface area contributed by atoms with Crippen molar-refractivity contribution in [3.8, 4) is 0 Å². The van der Waals surface area contributed by atoms with E-state index in [1.54, 1.807) is 0 Å². The van der Waals surface area contributed by atoms with Crippen LogP contribution in [0.3, 0.4) is 0 Å². The first kappa shape index (κ1) is 17.9. The highest BCUT2D eigenvalue weighted by Gasteiger charge is 2.35. The van der Waals surface area contributed by atoms with Gasteiger partial charge in [0, 0.05) is 17.3 Å². The van der Waals surface area contributed by atoms with Gasteiger partial charge < -0.3 is 18.9 Å². The molecule has 0 aliphatic rings. The summed E-state index contributed by atoms with van der Waals surface area (Å²) < 4.78 is 21.9. The van der Waals surface area contributed by atoms with Crippen molar-refractivity contribution in [3.05, 3.63) is 0 Å². The third-order valence-corrected chi connectivity index (χ3v) is 2.14. The van der Waals surface area contributed by atoms with Gasteiger partial charge in [-0.3, -0.25) is 0 Å². The number of ether oxygens (including phenoxy) is 4. The van der Waals surface area contributed by atoms with Crippen LogP contribution in [0.25, 0.3) is 0 Å². The molecule has 0 aliphatic carbocycles. The average Bonchev–Trinajstić information content (AvgIpc) is 2.37. The van der Waals surface area contributed by atoms with E-state index >= 15 is 0 Å². The SMILES string of the molecule is CCCOC(OCCS)(OCCS)OCCS. The Balaban J connectivity index is 4.39. The fraction of sp³-hybridized carbons (Fsp3) is 1.00. The van der Waals surface area contributed by atoms with Gasteiger partial charge in [-0.05, 0) is 6.42 Å². The molecule has 0 aromatic heterocycles. The standard InChI is InChI=1S/C10H22O4S3/c1-2-3-11-10(12-4-7-15,13-5-8-16)14-6-9-17/h15-17H,2-9H2,1H3. The van der Waals surface area contributed by atoms with E-state index in [4.69, 9.17) is 18.9 Å². The Morgan fingerprint density at radius 1 is 0.706 bits per heavy atom. The van der Waals surface area contributed by atoms with Gasteiger partial charge in [-0.25, -0.2) is 0 Å². The highest BCUT2D eigenvalue weighted by molar-refractivity contribution is 7.80. The summed E-state index contributed by atoms with van der Waals surface area (Å²) in [6.45, 7) is 3.64. The van der Waals surface area contributed by atoms with Crippen LogP contribution in [0.4, 0.5) is 0 Å². The zero-order chi connectivity index (χ0) is 13.0. The third-order valence-electron chi connectivity index (χ3n) is 1.59. The number of hydrogen-bond donors (Lipinski definition) is 3. The van der Waals surface area contributed by atoms with E-state index in [-0.39, 0.29) is 0 Å². The van der Waals surface area contributed by atoms with Gasteiger partial charge in [0.1, 0.15) is 0 Å².